The molecule has 0 atom stereocenters. The molecule has 12 heteroatoms. The Bertz CT molecular complexity index is 1060. The largest absolute Gasteiger partial charge is 0.496 e. The highest BCUT2D eigenvalue weighted by molar-refractivity contribution is 7.51. The number of rotatable bonds is 9. The van der Waals surface area contributed by atoms with E-state index in [9.17, 15) is 13.6 Å². The number of hydrogen-bond donors (Lipinski definition) is 1. The average molecular weight is 548 g/mol. The van der Waals surface area contributed by atoms with Crippen LogP contribution >= 0.6 is 11.6 Å². The smallest absolute Gasteiger partial charge is 0.335 e. The van der Waals surface area contributed by atoms with Gasteiger partial charge in [0.2, 0.25) is 0 Å². The molecule has 0 bridgehead atoms. The van der Waals surface area contributed by atoms with Gasteiger partial charge in [0.05, 0.1) is 17.8 Å². The summed E-state index contributed by atoms with van der Waals surface area (Å²) in [7, 11) is 1.47. The minimum Gasteiger partial charge on any atom is -0.496 e. The minimum absolute atomic E-state index is 0.158. The van der Waals surface area contributed by atoms with Crippen LogP contribution < -0.4 is 14.8 Å². The Hall–Kier alpha value is -2.53. The Labute approximate surface area is 218 Å². The van der Waals surface area contributed by atoms with Crippen molar-refractivity contribution in [2.24, 2.45) is 11.8 Å². The fourth-order valence-corrected chi connectivity index (χ4v) is 4.42. The molecule has 1 heterocycles. The molecule has 36 heavy (non-hydrogen) atoms. The summed E-state index contributed by atoms with van der Waals surface area (Å²) < 4.78 is 55.1. The number of ether oxygens (including phenoxy) is 2. The van der Waals surface area contributed by atoms with Gasteiger partial charge in [-0.15, -0.1) is 0 Å². The maximum absolute atomic E-state index is 13.1. The molecular formula is C24H32ClF2N3O5S. The van der Waals surface area contributed by atoms with Crippen LogP contribution in [-0.2, 0) is 18.1 Å². The van der Waals surface area contributed by atoms with E-state index in [1.54, 1.807) is 16.8 Å². The normalized spacial score (nSPS) is 17.5. The first-order valence-electron chi connectivity index (χ1n) is 11.7. The van der Waals surface area contributed by atoms with E-state index >= 15 is 0 Å². The lowest BCUT2D eigenvalue weighted by Gasteiger charge is -2.26. The van der Waals surface area contributed by atoms with Crippen LogP contribution in [0.2, 0.25) is 5.02 Å². The van der Waals surface area contributed by atoms with E-state index in [2.05, 4.69) is 17.3 Å². The van der Waals surface area contributed by atoms with Crippen LogP contribution in [0.3, 0.4) is 0 Å². The third-order valence-corrected chi connectivity index (χ3v) is 6.37. The number of aryl methyl sites for hydroxylation is 1. The van der Waals surface area contributed by atoms with E-state index in [0.717, 1.165) is 25.7 Å². The van der Waals surface area contributed by atoms with E-state index in [4.69, 9.17) is 29.5 Å². The van der Waals surface area contributed by atoms with Crippen molar-refractivity contribution in [3.05, 3.63) is 28.9 Å². The number of hydrogen-bond acceptors (Lipinski definition) is 6. The van der Waals surface area contributed by atoms with Crippen LogP contribution in [-0.4, -0.2) is 50.3 Å². The molecule has 1 N–H and O–H groups in total. The van der Waals surface area contributed by atoms with Crippen molar-refractivity contribution in [2.45, 2.75) is 58.9 Å². The van der Waals surface area contributed by atoms with Crippen molar-refractivity contribution < 1.29 is 31.5 Å². The number of carbonyl (C=O) groups excluding carboxylic acids is 1. The molecule has 0 aliphatic heterocycles. The summed E-state index contributed by atoms with van der Waals surface area (Å²) in [6.45, 7) is 5.29. The van der Waals surface area contributed by atoms with Crippen molar-refractivity contribution in [3.63, 3.8) is 0 Å². The first-order valence-corrected chi connectivity index (χ1v) is 12.7. The van der Waals surface area contributed by atoms with Crippen LogP contribution in [0, 0.1) is 11.8 Å². The first-order chi connectivity index (χ1) is 17.0. The number of aromatic nitrogens is 2. The zero-order valence-corrected chi connectivity index (χ0v) is 22.4. The van der Waals surface area contributed by atoms with Gasteiger partial charge in [-0.2, -0.15) is 13.5 Å². The number of halogens is 3. The van der Waals surface area contributed by atoms with Gasteiger partial charge in [0.25, 0.3) is 11.8 Å². The summed E-state index contributed by atoms with van der Waals surface area (Å²) in [5.74, 6) is -1.41. The number of carbonyl (C=O) groups is 1. The molecule has 1 amide bonds. The molecule has 1 aromatic heterocycles. The number of nitrogens with zero attached hydrogens (tertiary/aromatic N) is 2. The second kappa shape index (κ2) is 13.7. The predicted molar refractivity (Wildman–Crippen MR) is 133 cm³/mol. The van der Waals surface area contributed by atoms with Gasteiger partial charge in [-0.25, -0.2) is 8.78 Å². The standard InChI is InChI=1S/C24H32ClF2N3O3.O2S/c1-5-30-22(18-11-10-17(12-19(18)32-4)33-14-24(3,26)27)20(25)21(29-30)23(31)28-13-16-8-6-15(2)7-9-16;1-3-2/h10-12,15-16H,5-9,13-14H2,1-4H3,(H,28,31);. The first kappa shape index (κ1) is 29.7. The van der Waals surface area contributed by atoms with E-state index in [0.29, 0.717) is 36.0 Å². The van der Waals surface area contributed by atoms with E-state index in [-0.39, 0.29) is 22.4 Å². The zero-order valence-electron chi connectivity index (χ0n) is 20.8. The maximum atomic E-state index is 13.1. The lowest BCUT2D eigenvalue weighted by atomic mass is 9.83. The number of amides is 1. The van der Waals surface area contributed by atoms with Crippen molar-refractivity contribution in [1.82, 2.24) is 15.1 Å². The topological polar surface area (TPSA) is 99.5 Å². The van der Waals surface area contributed by atoms with Crippen molar-refractivity contribution in [2.75, 3.05) is 20.3 Å². The molecule has 0 unspecified atom stereocenters. The minimum atomic E-state index is -2.95. The van der Waals surface area contributed by atoms with Gasteiger partial charge in [-0.05, 0) is 43.7 Å². The number of nitrogens with one attached hydrogen (secondary N) is 1. The number of alkyl halides is 2. The summed E-state index contributed by atoms with van der Waals surface area (Å²) in [5, 5.41) is 7.64. The molecule has 2 aromatic rings. The van der Waals surface area contributed by atoms with Gasteiger partial charge in [0.1, 0.15) is 11.5 Å². The van der Waals surface area contributed by atoms with Gasteiger partial charge >= 0.3 is 11.6 Å². The monoisotopic (exact) mass is 547 g/mol. The van der Waals surface area contributed by atoms with Gasteiger partial charge in [-0.1, -0.05) is 31.4 Å². The molecule has 1 saturated carbocycles. The Morgan fingerprint density at radius 1 is 1.28 bits per heavy atom. The molecule has 8 nitrogen and oxygen atoms in total. The lowest BCUT2D eigenvalue weighted by Crippen LogP contribution is -2.31. The quantitative estimate of drug-likeness (QED) is 0.466. The highest BCUT2D eigenvalue weighted by Gasteiger charge is 2.26. The fourth-order valence-electron chi connectivity index (χ4n) is 4.09. The van der Waals surface area contributed by atoms with Crippen molar-refractivity contribution >= 4 is 29.1 Å². The predicted octanol–water partition coefficient (Wildman–Crippen LogP) is 5.15. The summed E-state index contributed by atoms with van der Waals surface area (Å²) in [5.41, 5.74) is 1.28. The molecule has 0 radical (unpaired) electrons. The van der Waals surface area contributed by atoms with Gasteiger partial charge in [0.15, 0.2) is 12.3 Å². The Morgan fingerprint density at radius 2 is 1.92 bits per heavy atom. The Balaban J connectivity index is 0.00000145. The van der Waals surface area contributed by atoms with Crippen LogP contribution in [0.1, 0.15) is 56.9 Å². The number of methoxy groups -OCH3 is 1. The third kappa shape index (κ3) is 8.26. The SMILES string of the molecule is CCn1nc(C(=O)NCC2CCC(C)CC2)c(Cl)c1-c1ccc(OCC(C)(F)F)cc1OC.O=S=O. The van der Waals surface area contributed by atoms with E-state index in [1.165, 1.54) is 26.0 Å². The third-order valence-electron chi connectivity index (χ3n) is 6.02. The molecule has 3 rings (SSSR count). The zero-order chi connectivity index (χ0) is 26.9. The summed E-state index contributed by atoms with van der Waals surface area (Å²) in [6.07, 6.45) is 4.59. The molecule has 1 aromatic carbocycles. The Morgan fingerprint density at radius 3 is 2.47 bits per heavy atom. The molecule has 1 aliphatic rings. The van der Waals surface area contributed by atoms with Crippen molar-refractivity contribution in [1.29, 1.82) is 0 Å². The summed E-state index contributed by atoms with van der Waals surface area (Å²) in [6, 6.07) is 4.76. The lowest BCUT2D eigenvalue weighted by molar-refractivity contribution is -0.0230. The molecule has 1 fully saturated rings. The molecule has 200 valence electrons. The molecule has 0 saturated heterocycles. The summed E-state index contributed by atoms with van der Waals surface area (Å²) in [4.78, 5) is 12.9. The van der Waals surface area contributed by atoms with E-state index in [1.807, 2.05) is 6.92 Å². The van der Waals surface area contributed by atoms with Gasteiger partial charge in [-0.3, -0.25) is 9.48 Å². The second-order valence-electron chi connectivity index (χ2n) is 8.95. The number of benzene rings is 1. The van der Waals surface area contributed by atoms with Crippen molar-refractivity contribution in [3.8, 4) is 22.8 Å². The second-order valence-corrected chi connectivity index (χ2v) is 9.47. The van der Waals surface area contributed by atoms with E-state index < -0.39 is 24.1 Å². The van der Waals surface area contributed by atoms with Crippen LogP contribution in [0.25, 0.3) is 11.3 Å². The average Bonchev–Trinajstić information content (AvgIpc) is 3.18. The van der Waals surface area contributed by atoms with Gasteiger partial charge in [0, 0.05) is 31.6 Å². The van der Waals surface area contributed by atoms with Crippen LogP contribution in [0.15, 0.2) is 18.2 Å². The molecular weight excluding hydrogens is 516 g/mol. The highest BCUT2D eigenvalue weighted by Crippen LogP contribution is 2.39. The van der Waals surface area contributed by atoms with Gasteiger partial charge < -0.3 is 14.8 Å². The van der Waals surface area contributed by atoms with Crippen LogP contribution in [0.5, 0.6) is 11.5 Å². The highest BCUT2D eigenvalue weighted by atomic mass is 35.5. The maximum Gasteiger partial charge on any atom is 0.335 e. The molecule has 0 spiro atoms. The fraction of sp³-hybridized carbons (Fsp3) is 0.583. The van der Waals surface area contributed by atoms with Crippen LogP contribution in [0.4, 0.5) is 8.78 Å². The molecule has 1 aliphatic carbocycles. The Kier molecular flexibility index (Phi) is 11.3. The summed E-state index contributed by atoms with van der Waals surface area (Å²) >= 11 is 5.89.